The van der Waals surface area contributed by atoms with Crippen molar-refractivity contribution in [3.63, 3.8) is 0 Å². The van der Waals surface area contributed by atoms with E-state index in [0.29, 0.717) is 0 Å². The second-order valence-corrected chi connectivity index (χ2v) is 1.47. The first-order valence-electron chi connectivity index (χ1n) is 3.35. The maximum absolute atomic E-state index is 7.04. The lowest BCUT2D eigenvalue weighted by molar-refractivity contribution is 0.885. The average Bonchev–Trinajstić information content (AvgIpc) is 1.78. The minimum atomic E-state index is -1.58. The molecule has 1 N–H and O–H groups in total. The summed E-state index contributed by atoms with van der Waals surface area (Å²) in [6.07, 6.45) is 0. The van der Waals surface area contributed by atoms with E-state index in [-0.39, 0.29) is 5.75 Å². The van der Waals surface area contributed by atoms with E-state index in [2.05, 4.69) is 5.32 Å². The highest BCUT2D eigenvalue weighted by atomic mass is 32.2. The summed E-state index contributed by atoms with van der Waals surface area (Å²) in [5.41, 5.74) is 0. The first-order chi connectivity index (χ1) is 3.91. The Balaban J connectivity index is 2.58. The fourth-order valence-electron chi connectivity index (χ4n) is 0.180. The summed E-state index contributed by atoms with van der Waals surface area (Å²) in [7, 11) is 0. The number of thioether (sulfide) groups is 1. The highest BCUT2D eigenvalue weighted by Crippen LogP contribution is 1.99. The summed E-state index contributed by atoms with van der Waals surface area (Å²) in [5.74, 6) is -1.40. The van der Waals surface area contributed by atoms with Gasteiger partial charge >= 0.3 is 0 Å². The third-order valence-electron chi connectivity index (χ3n) is 0.356. The third kappa shape index (κ3) is 0.816. The molecule has 0 aliphatic carbocycles. The van der Waals surface area contributed by atoms with E-state index in [0.717, 1.165) is 11.8 Å². The summed E-state index contributed by atoms with van der Waals surface area (Å²) < 4.78 is 28.1. The van der Waals surface area contributed by atoms with E-state index in [1.54, 1.807) is 0 Å². The lowest BCUT2D eigenvalue weighted by Crippen LogP contribution is -2.04. The van der Waals surface area contributed by atoms with Crippen LogP contribution in [0.5, 0.6) is 0 Å². The normalized spacial score (nSPS) is 56.0. The van der Waals surface area contributed by atoms with Crippen molar-refractivity contribution >= 4 is 11.8 Å². The maximum Gasteiger partial charge on any atom is 0.0545 e. The first-order valence-corrected chi connectivity index (χ1v) is 2.33. The molecule has 1 aliphatic heterocycles. The highest BCUT2D eigenvalue weighted by Gasteiger charge is 1.93. The van der Waals surface area contributed by atoms with Gasteiger partial charge in [-0.25, -0.2) is 0 Å². The van der Waals surface area contributed by atoms with Crippen molar-refractivity contribution in [2.24, 2.45) is 0 Å². The number of hydrogen-bond acceptors (Lipinski definition) is 2. The Kier molecular flexibility index (Phi) is 0.381. The molecule has 0 saturated carbocycles. The van der Waals surface area contributed by atoms with Crippen molar-refractivity contribution < 1.29 is 5.48 Å². The molecule has 5 heavy (non-hydrogen) atoms. The predicted molar refractivity (Wildman–Crippen MR) is 25.3 cm³/mol. The Morgan fingerprint density at radius 3 is 3.20 bits per heavy atom. The van der Waals surface area contributed by atoms with Gasteiger partial charge in [0.15, 0.2) is 0 Å². The van der Waals surface area contributed by atoms with Crippen molar-refractivity contribution in [3.05, 3.63) is 0 Å². The zero-order valence-corrected chi connectivity index (χ0v) is 3.43. The molecule has 0 amide bonds. The quantitative estimate of drug-likeness (QED) is 0.461. The van der Waals surface area contributed by atoms with Gasteiger partial charge in [-0.3, -0.25) is 0 Å². The van der Waals surface area contributed by atoms with Gasteiger partial charge in [0.2, 0.25) is 0 Å². The number of rotatable bonds is 0. The van der Waals surface area contributed by atoms with E-state index in [1.807, 2.05) is 0 Å². The Labute approximate surface area is 41.8 Å². The highest BCUT2D eigenvalue weighted by molar-refractivity contribution is 7.99. The molecule has 30 valence electrons. The summed E-state index contributed by atoms with van der Waals surface area (Å²) in [6, 6.07) is 0. The molecule has 0 radical (unpaired) electrons. The van der Waals surface area contributed by atoms with Gasteiger partial charge in [0.1, 0.15) is 0 Å². The Morgan fingerprint density at radius 2 is 3.00 bits per heavy atom. The molecule has 0 atom stereocenters. The van der Waals surface area contributed by atoms with Gasteiger partial charge in [-0.1, -0.05) is 0 Å². The fourth-order valence-corrected chi connectivity index (χ4v) is 0.541. The Hall–Kier alpha value is 0.310. The monoisotopic (exact) mass is 93.1 g/mol. The van der Waals surface area contributed by atoms with Crippen LogP contribution in [0.2, 0.25) is 0 Å². The molecular formula is C3H7NS. The number of hydrogen-bond donors (Lipinski definition) is 1. The van der Waals surface area contributed by atoms with Crippen LogP contribution in [-0.4, -0.2) is 18.1 Å². The Morgan fingerprint density at radius 1 is 2.00 bits per heavy atom. The van der Waals surface area contributed by atoms with Gasteiger partial charge < -0.3 is 5.32 Å². The molecule has 1 nitrogen and oxygen atoms in total. The SMILES string of the molecule is [2H]C1([2H])CSC([2H])([2H])N1. The van der Waals surface area contributed by atoms with Gasteiger partial charge in [-0.05, 0) is 0 Å². The summed E-state index contributed by atoms with van der Waals surface area (Å²) >= 11 is 0.954. The van der Waals surface area contributed by atoms with E-state index >= 15 is 0 Å². The smallest absolute Gasteiger partial charge is 0.0545 e. The van der Waals surface area contributed by atoms with Crippen LogP contribution in [-0.2, 0) is 0 Å². The van der Waals surface area contributed by atoms with Gasteiger partial charge in [-0.15, -0.1) is 11.8 Å². The molecule has 1 fully saturated rings. The first kappa shape index (κ1) is 1.14. The standard InChI is InChI=1S/C3H7NS/c1-2-5-3-4-1/h4H,1-3H2/i1D2,3D2. The molecule has 0 aromatic heterocycles. The van der Waals surface area contributed by atoms with Crippen molar-refractivity contribution in [1.82, 2.24) is 5.32 Å². The second kappa shape index (κ2) is 1.67. The van der Waals surface area contributed by atoms with Gasteiger partial charge in [0, 0.05) is 20.8 Å². The lowest BCUT2D eigenvalue weighted by atomic mass is 10.8. The van der Waals surface area contributed by atoms with Crippen LogP contribution >= 0.6 is 11.8 Å². The summed E-state index contributed by atoms with van der Waals surface area (Å²) in [4.78, 5) is 0. The van der Waals surface area contributed by atoms with E-state index in [4.69, 9.17) is 5.48 Å². The van der Waals surface area contributed by atoms with Crippen LogP contribution in [0.3, 0.4) is 0 Å². The minimum Gasteiger partial charge on any atom is -0.307 e. The van der Waals surface area contributed by atoms with Gasteiger partial charge in [-0.2, -0.15) is 0 Å². The van der Waals surface area contributed by atoms with E-state index in [1.165, 1.54) is 0 Å². The fraction of sp³-hybridized carbons (Fsp3) is 1.00. The maximum atomic E-state index is 7.04. The predicted octanol–water partition coefficient (Wildman–Crippen LogP) is 0.280. The summed E-state index contributed by atoms with van der Waals surface area (Å²) in [6.45, 7) is -1.53. The zero-order valence-electron chi connectivity index (χ0n) is 6.62. The lowest BCUT2D eigenvalue weighted by Gasteiger charge is -1.74. The van der Waals surface area contributed by atoms with Crippen LogP contribution in [0.25, 0.3) is 0 Å². The molecule has 0 unspecified atom stereocenters. The Bertz CT molecular complexity index is 111. The molecule has 1 aliphatic rings. The zero-order chi connectivity index (χ0) is 7.12. The van der Waals surface area contributed by atoms with E-state index in [9.17, 15) is 0 Å². The average molecular weight is 93.2 g/mol. The molecule has 1 saturated heterocycles. The molecule has 0 aromatic carbocycles. The molecule has 1 rings (SSSR count). The van der Waals surface area contributed by atoms with E-state index < -0.39 is 12.3 Å². The molecule has 0 aromatic rings. The van der Waals surface area contributed by atoms with Crippen LogP contribution in [0.15, 0.2) is 0 Å². The third-order valence-corrected chi connectivity index (χ3v) is 0.891. The van der Waals surface area contributed by atoms with Crippen LogP contribution in [0.1, 0.15) is 5.48 Å². The van der Waals surface area contributed by atoms with Crippen molar-refractivity contribution in [3.8, 4) is 0 Å². The van der Waals surface area contributed by atoms with Crippen LogP contribution in [0, 0.1) is 0 Å². The minimum absolute atomic E-state index is 0.181. The van der Waals surface area contributed by atoms with Gasteiger partial charge in [0.05, 0.1) is 2.74 Å². The van der Waals surface area contributed by atoms with Crippen LogP contribution in [0.4, 0.5) is 0 Å². The largest absolute Gasteiger partial charge is 0.307 e. The molecule has 1 heterocycles. The topological polar surface area (TPSA) is 12.0 Å². The van der Waals surface area contributed by atoms with Crippen molar-refractivity contribution in [1.29, 1.82) is 0 Å². The molecule has 2 heteroatoms. The molecular weight excluding hydrogens is 82.1 g/mol. The second-order valence-electron chi connectivity index (χ2n) is 0.693. The van der Waals surface area contributed by atoms with Crippen molar-refractivity contribution in [2.45, 2.75) is 0 Å². The number of nitrogens with one attached hydrogen (secondary N) is 1. The van der Waals surface area contributed by atoms with Crippen molar-refractivity contribution in [2.75, 3.05) is 18.1 Å². The summed E-state index contributed by atoms with van der Waals surface area (Å²) in [5, 5.41) is 2.20. The van der Waals surface area contributed by atoms with Gasteiger partial charge in [0.25, 0.3) is 0 Å². The molecule has 0 spiro atoms. The van der Waals surface area contributed by atoms with Crippen LogP contribution < -0.4 is 5.32 Å². The molecule has 0 bridgehead atoms.